The van der Waals surface area contributed by atoms with E-state index in [4.69, 9.17) is 0 Å². The zero-order valence-electron chi connectivity index (χ0n) is 36.0. The lowest BCUT2D eigenvalue weighted by Gasteiger charge is -2.39. The van der Waals surface area contributed by atoms with Crippen LogP contribution in [0.3, 0.4) is 0 Å². The molecule has 0 fully saturated rings. The van der Waals surface area contributed by atoms with E-state index in [9.17, 15) is 59.4 Å². The molecule has 2 aromatic rings. The van der Waals surface area contributed by atoms with Gasteiger partial charge in [-0.3, -0.25) is 39.4 Å². The second-order valence-corrected chi connectivity index (χ2v) is 15.9. The molecule has 0 radical (unpaired) electrons. The molecule has 2 N–H and O–H groups in total. The zero-order valence-corrected chi connectivity index (χ0v) is 36.0. The number of nitrogens with zero attached hydrogens (tertiary/aromatic N) is 8. The van der Waals surface area contributed by atoms with Crippen molar-refractivity contribution >= 4 is 35.8 Å². The number of carbonyl (C=O) groups is 6. The molecule has 4 heterocycles. The fourth-order valence-corrected chi connectivity index (χ4v) is 7.60. The largest absolute Gasteiger partial charge is 0.548 e. The maximum absolute atomic E-state index is 12.7. The summed E-state index contributed by atoms with van der Waals surface area (Å²) < 4.78 is 0. The van der Waals surface area contributed by atoms with Crippen LogP contribution in [0.4, 0.5) is 0 Å². The normalized spacial score (nSPS) is 20.3. The van der Waals surface area contributed by atoms with E-state index in [1.807, 2.05) is 0 Å². The SMILES string of the molecule is CC(C(=O)[O-])N1CCN(C(C)C(=O)[O-])Cc2cccc(n2)CN(C(CNCNCC(C(=O)[O-])N2CCN(C(C)C(=O)[O-])CCN(C(C)C(=O)[O-])Cc3cccc(n3)C2)C(=O)[O-])CC1. The summed E-state index contributed by atoms with van der Waals surface area (Å²) in [5, 5.41) is 79.0. The summed E-state index contributed by atoms with van der Waals surface area (Å²) >= 11 is 0. The van der Waals surface area contributed by atoms with E-state index >= 15 is 0 Å². The molecular weight excluding hydrogens is 825 g/mol. The molecule has 0 spiro atoms. The van der Waals surface area contributed by atoms with Crippen LogP contribution in [-0.2, 0) is 54.9 Å². The van der Waals surface area contributed by atoms with Crippen LogP contribution in [0.5, 0.6) is 0 Å². The highest BCUT2D eigenvalue weighted by Crippen LogP contribution is 2.16. The molecule has 22 nitrogen and oxygen atoms in total. The third kappa shape index (κ3) is 15.0. The minimum absolute atomic E-state index is 0.00350. The number of carboxylic acid groups (broad SMARTS) is 6. The topological polar surface area (TPSA) is 310 Å². The van der Waals surface area contributed by atoms with E-state index in [1.54, 1.807) is 65.8 Å². The first kappa shape index (κ1) is 50.4. The summed E-state index contributed by atoms with van der Waals surface area (Å²) in [6.45, 7) is 6.19. The van der Waals surface area contributed by atoms with Crippen molar-refractivity contribution in [2.75, 3.05) is 72.1 Å². The van der Waals surface area contributed by atoms with Gasteiger partial charge < -0.3 is 70.0 Å². The van der Waals surface area contributed by atoms with Crippen LogP contribution < -0.4 is 41.3 Å². The number of carboxylic acids is 6. The summed E-state index contributed by atoms with van der Waals surface area (Å²) in [5.41, 5.74) is 1.95. The van der Waals surface area contributed by atoms with Crippen molar-refractivity contribution in [3.63, 3.8) is 0 Å². The lowest BCUT2D eigenvalue weighted by Crippen LogP contribution is -2.58. The molecule has 0 saturated carbocycles. The van der Waals surface area contributed by atoms with E-state index in [0.717, 1.165) is 0 Å². The van der Waals surface area contributed by atoms with Gasteiger partial charge in [-0.2, -0.15) is 0 Å². The number of hydrogen-bond acceptors (Lipinski definition) is 22. The number of aliphatic carboxylic acids is 6. The van der Waals surface area contributed by atoms with E-state index in [-0.39, 0.29) is 98.3 Å². The average Bonchev–Trinajstić information content (AvgIpc) is 3.22. The smallest absolute Gasteiger partial charge is 0.0623 e. The molecule has 6 atom stereocenters. The first-order valence-corrected chi connectivity index (χ1v) is 20.9. The summed E-state index contributed by atoms with van der Waals surface area (Å²) in [6.07, 6.45) is 0. The molecule has 348 valence electrons. The predicted molar refractivity (Wildman–Crippen MR) is 210 cm³/mol. The van der Waals surface area contributed by atoms with Gasteiger partial charge in [0.15, 0.2) is 0 Å². The Kier molecular flexibility index (Phi) is 19.2. The predicted octanol–water partition coefficient (Wildman–Crippen LogP) is -9.06. The van der Waals surface area contributed by atoms with Gasteiger partial charge >= 0.3 is 0 Å². The monoisotopic (exact) mass is 880 g/mol. The van der Waals surface area contributed by atoms with E-state index in [0.29, 0.717) is 22.8 Å². The Morgan fingerprint density at radius 3 is 0.984 bits per heavy atom. The fourth-order valence-electron chi connectivity index (χ4n) is 7.60. The molecular formula is C41H56N10O12-6. The standard InChI is InChI=1S/C41H62N10O12/c1-26(36(52)53)46-11-15-48(28(3)38(56)57)21-30-7-5-9-32(44-30)23-50(17-13-46)34(40(60)61)19-42-25-43-20-35(41(62)63)51-18-14-47(27(2)37(54)55)12-16-49(29(4)39(58)59)22-31-8-6-10-33(24-51)45-31/h5-10,26-29,34-35,42-43H,11-25H2,1-4H3,(H,52,53)(H,54,55)(H,56,57)(H,58,59)(H,60,61)(H,62,63)/p-6. The molecule has 63 heavy (non-hydrogen) atoms. The first-order chi connectivity index (χ1) is 29.9. The van der Waals surface area contributed by atoms with Gasteiger partial charge in [-0.05, 0) is 52.0 Å². The number of aromatic nitrogens is 2. The van der Waals surface area contributed by atoms with Crippen LogP contribution in [-0.4, -0.2) is 184 Å². The first-order valence-electron chi connectivity index (χ1n) is 20.9. The molecule has 6 unspecified atom stereocenters. The van der Waals surface area contributed by atoms with Gasteiger partial charge in [0.1, 0.15) is 0 Å². The third-order valence-electron chi connectivity index (χ3n) is 11.8. The Morgan fingerprint density at radius 1 is 0.444 bits per heavy atom. The molecule has 2 aromatic heterocycles. The van der Waals surface area contributed by atoms with E-state index in [2.05, 4.69) is 20.6 Å². The van der Waals surface area contributed by atoms with Crippen LogP contribution in [0.2, 0.25) is 0 Å². The van der Waals surface area contributed by atoms with Gasteiger partial charge in [0, 0.05) is 122 Å². The molecule has 2 aliphatic rings. The van der Waals surface area contributed by atoms with Crippen LogP contribution in [0, 0.1) is 0 Å². The maximum Gasteiger partial charge on any atom is 0.0623 e. The Morgan fingerprint density at radius 2 is 0.698 bits per heavy atom. The highest BCUT2D eigenvalue weighted by molar-refractivity contribution is 5.73. The summed E-state index contributed by atoms with van der Waals surface area (Å²) in [7, 11) is 0. The maximum atomic E-state index is 12.7. The van der Waals surface area contributed by atoms with Gasteiger partial charge in [0.25, 0.3) is 0 Å². The second kappa shape index (κ2) is 24.0. The van der Waals surface area contributed by atoms with Gasteiger partial charge in [0.2, 0.25) is 0 Å². The molecule has 0 aromatic carbocycles. The summed E-state index contributed by atoms with van der Waals surface area (Å²) in [6, 6.07) is 3.44. The summed E-state index contributed by atoms with van der Waals surface area (Å²) in [4.78, 5) is 91.8. The van der Waals surface area contributed by atoms with Gasteiger partial charge in [-0.15, -0.1) is 0 Å². The molecule has 4 bridgehead atoms. The Hall–Kier alpha value is -5.20. The lowest BCUT2D eigenvalue weighted by atomic mass is 10.1. The quantitative estimate of drug-likeness (QED) is 0.104. The third-order valence-corrected chi connectivity index (χ3v) is 11.8. The van der Waals surface area contributed by atoms with Crippen LogP contribution in [0.25, 0.3) is 0 Å². The Balaban J connectivity index is 1.50. The minimum atomic E-state index is -1.44. The molecule has 0 saturated heterocycles. The van der Waals surface area contributed by atoms with Crippen molar-refractivity contribution in [3.8, 4) is 0 Å². The molecule has 0 aliphatic carbocycles. The Labute approximate surface area is 366 Å². The zero-order chi connectivity index (χ0) is 46.4. The highest BCUT2D eigenvalue weighted by Gasteiger charge is 2.28. The molecule has 4 rings (SSSR count). The molecule has 0 amide bonds. The number of hydrogen-bond donors (Lipinski definition) is 2. The van der Waals surface area contributed by atoms with Crippen molar-refractivity contribution in [3.05, 3.63) is 59.2 Å². The summed E-state index contributed by atoms with van der Waals surface area (Å²) in [5.74, 6) is -8.21. The van der Waals surface area contributed by atoms with Crippen molar-refractivity contribution in [2.45, 2.75) is 90.1 Å². The minimum Gasteiger partial charge on any atom is -0.548 e. The van der Waals surface area contributed by atoms with E-state index in [1.165, 1.54) is 27.7 Å². The number of nitrogens with one attached hydrogen (secondary N) is 2. The van der Waals surface area contributed by atoms with Crippen LogP contribution in [0.1, 0.15) is 50.5 Å². The van der Waals surface area contributed by atoms with E-state index < -0.39 is 72.1 Å². The van der Waals surface area contributed by atoms with Crippen molar-refractivity contribution in [1.29, 1.82) is 0 Å². The molecule has 22 heteroatoms. The number of rotatable bonds is 18. The second-order valence-electron chi connectivity index (χ2n) is 15.9. The van der Waals surface area contributed by atoms with Crippen LogP contribution >= 0.6 is 0 Å². The van der Waals surface area contributed by atoms with Gasteiger partial charge in [0.05, 0.1) is 70.7 Å². The fraction of sp³-hybridized carbons (Fsp3) is 0.610. The van der Waals surface area contributed by atoms with Crippen molar-refractivity contribution < 1.29 is 59.4 Å². The van der Waals surface area contributed by atoms with Gasteiger partial charge in [-0.25, -0.2) is 0 Å². The average molecular weight is 881 g/mol. The number of fused-ring (bicyclic) bond motifs is 4. The van der Waals surface area contributed by atoms with Gasteiger partial charge in [-0.1, -0.05) is 12.1 Å². The molecule has 2 aliphatic heterocycles. The van der Waals surface area contributed by atoms with Crippen molar-refractivity contribution in [2.24, 2.45) is 0 Å². The highest BCUT2D eigenvalue weighted by atomic mass is 16.4. The number of carbonyl (C=O) groups excluding carboxylic acids is 6. The van der Waals surface area contributed by atoms with Crippen molar-refractivity contribution in [1.82, 2.24) is 50.0 Å². The Bertz CT molecular complexity index is 1760. The van der Waals surface area contributed by atoms with Crippen LogP contribution in [0.15, 0.2) is 36.4 Å². The lowest BCUT2D eigenvalue weighted by molar-refractivity contribution is -0.314. The number of pyridine rings is 2.